The molecule has 0 aliphatic carbocycles. The van der Waals surface area contributed by atoms with Gasteiger partial charge in [-0.2, -0.15) is 0 Å². The molecule has 1 heteroatoms. The average molecular weight is 385 g/mol. The van der Waals surface area contributed by atoms with Gasteiger partial charge in [-0.1, -0.05) is 109 Å². The molecule has 0 fully saturated rings. The summed E-state index contributed by atoms with van der Waals surface area (Å²) in [6.07, 6.45) is 17.3. The molecule has 0 aliphatic rings. The minimum Gasteiger partial charge on any atom is -0.358 e. The van der Waals surface area contributed by atoms with E-state index in [1.54, 1.807) is 0 Å². The summed E-state index contributed by atoms with van der Waals surface area (Å²) in [5.74, 6) is 5.38. The molecule has 0 bridgehead atoms. The lowest BCUT2D eigenvalue weighted by Crippen LogP contribution is -2.26. The Bertz CT molecular complexity index is 541. The third-order valence-corrected chi connectivity index (χ3v) is 5.93. The smallest absolute Gasteiger partial charge is 0.126 e. The van der Waals surface area contributed by atoms with E-state index in [0.717, 1.165) is 30.6 Å². The number of ether oxygens (including phenoxy) is 1. The molecular weight excluding hydrogens is 340 g/mol. The maximum Gasteiger partial charge on any atom is 0.126 e. The first-order valence-corrected chi connectivity index (χ1v) is 11.5. The van der Waals surface area contributed by atoms with Gasteiger partial charge in [-0.15, -0.1) is 6.42 Å². The first kappa shape index (κ1) is 24.8. The molecule has 28 heavy (non-hydrogen) atoms. The Balaban J connectivity index is 2.17. The van der Waals surface area contributed by atoms with Gasteiger partial charge in [0, 0.05) is 0 Å². The van der Waals surface area contributed by atoms with Gasteiger partial charge in [0.2, 0.25) is 0 Å². The van der Waals surface area contributed by atoms with Crippen LogP contribution in [0.4, 0.5) is 0 Å². The molecule has 1 rings (SSSR count). The van der Waals surface area contributed by atoms with Crippen LogP contribution in [0.5, 0.6) is 0 Å². The van der Waals surface area contributed by atoms with Crippen molar-refractivity contribution in [1.82, 2.24) is 0 Å². The van der Waals surface area contributed by atoms with E-state index in [9.17, 15) is 0 Å². The fraction of sp³-hybridized carbons (Fsp3) is 0.704. The maximum absolute atomic E-state index is 6.08. The van der Waals surface area contributed by atoms with Gasteiger partial charge in [-0.3, -0.25) is 0 Å². The zero-order valence-corrected chi connectivity index (χ0v) is 19.2. The summed E-state index contributed by atoms with van der Waals surface area (Å²) in [7, 11) is 0. The first-order valence-electron chi connectivity index (χ1n) is 11.5. The van der Waals surface area contributed by atoms with Crippen LogP contribution < -0.4 is 0 Å². The fourth-order valence-corrected chi connectivity index (χ4v) is 3.77. The van der Waals surface area contributed by atoms with Crippen molar-refractivity contribution in [2.75, 3.05) is 0 Å². The molecular formula is C27H44O. The molecule has 0 spiro atoms. The first-order chi connectivity index (χ1) is 13.3. The second kappa shape index (κ2) is 13.8. The lowest BCUT2D eigenvalue weighted by Gasteiger charge is -2.25. The molecule has 1 nitrogen and oxygen atoms in total. The van der Waals surface area contributed by atoms with Crippen LogP contribution in [0.3, 0.4) is 0 Å². The Morgan fingerprint density at radius 1 is 0.857 bits per heavy atom. The standard InChI is InChI=1S/C27H44O/c1-7-27(6,28-22-26-19-9-8-10-20-26)21-13-18-25(5)17-12-16-24(4)15-11-14-23(2)3/h1,8-10,19-20,23-25H,11-18,21-22H2,2-6H3/t24-,25-,27+/m1/s1. The second-order valence-corrected chi connectivity index (χ2v) is 9.51. The summed E-state index contributed by atoms with van der Waals surface area (Å²) in [4.78, 5) is 0. The third-order valence-electron chi connectivity index (χ3n) is 5.93. The van der Waals surface area contributed by atoms with E-state index in [1.807, 2.05) is 18.2 Å². The van der Waals surface area contributed by atoms with Crippen molar-refractivity contribution in [2.45, 2.75) is 105 Å². The van der Waals surface area contributed by atoms with Gasteiger partial charge in [0.15, 0.2) is 0 Å². The van der Waals surface area contributed by atoms with Gasteiger partial charge in [-0.25, -0.2) is 0 Å². The summed E-state index contributed by atoms with van der Waals surface area (Å²) in [5.41, 5.74) is 0.723. The van der Waals surface area contributed by atoms with Gasteiger partial charge in [0.1, 0.15) is 5.60 Å². The van der Waals surface area contributed by atoms with Crippen LogP contribution in [-0.4, -0.2) is 5.60 Å². The fourth-order valence-electron chi connectivity index (χ4n) is 3.77. The monoisotopic (exact) mass is 384 g/mol. The molecule has 0 radical (unpaired) electrons. The highest BCUT2D eigenvalue weighted by molar-refractivity contribution is 5.14. The van der Waals surface area contributed by atoms with Crippen molar-refractivity contribution in [3.8, 4) is 12.3 Å². The molecule has 0 aliphatic heterocycles. The highest BCUT2D eigenvalue weighted by atomic mass is 16.5. The summed E-state index contributed by atoms with van der Waals surface area (Å²) in [5, 5.41) is 0. The maximum atomic E-state index is 6.08. The number of benzene rings is 1. The molecule has 0 unspecified atom stereocenters. The van der Waals surface area contributed by atoms with Crippen molar-refractivity contribution in [2.24, 2.45) is 17.8 Å². The number of rotatable bonds is 15. The molecule has 1 aromatic rings. The van der Waals surface area contributed by atoms with Gasteiger partial charge >= 0.3 is 0 Å². The lowest BCUT2D eigenvalue weighted by molar-refractivity contribution is -0.00719. The average Bonchev–Trinajstić information content (AvgIpc) is 2.67. The van der Waals surface area contributed by atoms with Gasteiger partial charge in [-0.05, 0) is 43.1 Å². The van der Waals surface area contributed by atoms with E-state index in [4.69, 9.17) is 11.2 Å². The molecule has 0 saturated heterocycles. The topological polar surface area (TPSA) is 9.23 Å². The quantitative estimate of drug-likeness (QED) is 0.278. The van der Waals surface area contributed by atoms with Crippen LogP contribution in [0.15, 0.2) is 30.3 Å². The second-order valence-electron chi connectivity index (χ2n) is 9.51. The van der Waals surface area contributed by atoms with Crippen LogP contribution in [0, 0.1) is 30.1 Å². The summed E-state index contributed by atoms with van der Waals surface area (Å²) in [6, 6.07) is 10.3. The summed E-state index contributed by atoms with van der Waals surface area (Å²) >= 11 is 0. The van der Waals surface area contributed by atoms with E-state index in [0.29, 0.717) is 6.61 Å². The molecule has 0 N–H and O–H groups in total. The minimum atomic E-state index is -0.458. The van der Waals surface area contributed by atoms with Crippen molar-refractivity contribution >= 4 is 0 Å². The minimum absolute atomic E-state index is 0.458. The highest BCUT2D eigenvalue weighted by Gasteiger charge is 2.22. The van der Waals surface area contributed by atoms with Crippen molar-refractivity contribution in [1.29, 1.82) is 0 Å². The van der Waals surface area contributed by atoms with Gasteiger partial charge in [0.25, 0.3) is 0 Å². The predicted molar refractivity (Wildman–Crippen MR) is 123 cm³/mol. The van der Waals surface area contributed by atoms with Crippen molar-refractivity contribution in [3.63, 3.8) is 0 Å². The molecule has 1 aromatic carbocycles. The molecule has 158 valence electrons. The Morgan fingerprint density at radius 2 is 1.39 bits per heavy atom. The van der Waals surface area contributed by atoms with Crippen LogP contribution in [0.25, 0.3) is 0 Å². The van der Waals surface area contributed by atoms with E-state index >= 15 is 0 Å². The SMILES string of the molecule is C#C[C@@](C)(CCC[C@H](C)CCC[C@H](C)CCCC(C)C)OCc1ccccc1. The predicted octanol–water partition coefficient (Wildman–Crippen LogP) is 8.03. The van der Waals surface area contributed by atoms with E-state index in [2.05, 4.69) is 52.7 Å². The Hall–Kier alpha value is -1.26. The molecule has 0 saturated carbocycles. The lowest BCUT2D eigenvalue weighted by atomic mass is 9.90. The zero-order chi connectivity index (χ0) is 20.8. The number of hydrogen-bond acceptors (Lipinski definition) is 1. The normalized spacial score (nSPS) is 15.8. The number of terminal acetylenes is 1. The Morgan fingerprint density at radius 3 is 1.93 bits per heavy atom. The summed E-state index contributed by atoms with van der Waals surface area (Å²) < 4.78 is 6.08. The van der Waals surface area contributed by atoms with Crippen molar-refractivity contribution < 1.29 is 4.74 Å². The largest absolute Gasteiger partial charge is 0.358 e. The van der Waals surface area contributed by atoms with Crippen LogP contribution in [0.2, 0.25) is 0 Å². The zero-order valence-electron chi connectivity index (χ0n) is 19.2. The third kappa shape index (κ3) is 11.6. The number of hydrogen-bond donors (Lipinski definition) is 0. The Kier molecular flexibility index (Phi) is 12.2. The molecule has 0 amide bonds. The Labute approximate surface area is 175 Å². The molecule has 3 atom stereocenters. The highest BCUT2D eigenvalue weighted by Crippen LogP contribution is 2.25. The summed E-state index contributed by atoms with van der Waals surface area (Å²) in [6.45, 7) is 12.1. The van der Waals surface area contributed by atoms with Gasteiger partial charge < -0.3 is 4.74 Å². The van der Waals surface area contributed by atoms with Crippen LogP contribution in [0.1, 0.15) is 98.0 Å². The molecule has 0 aromatic heterocycles. The van der Waals surface area contributed by atoms with Gasteiger partial charge in [0.05, 0.1) is 6.61 Å². The molecule has 0 heterocycles. The van der Waals surface area contributed by atoms with Crippen molar-refractivity contribution in [3.05, 3.63) is 35.9 Å². The van der Waals surface area contributed by atoms with Crippen LogP contribution in [-0.2, 0) is 11.3 Å². The van der Waals surface area contributed by atoms with E-state index in [-0.39, 0.29) is 0 Å². The van der Waals surface area contributed by atoms with Crippen LogP contribution >= 0.6 is 0 Å². The van der Waals surface area contributed by atoms with E-state index in [1.165, 1.54) is 50.5 Å². The van der Waals surface area contributed by atoms with E-state index < -0.39 is 5.60 Å².